The molecule has 106 valence electrons. The van der Waals surface area contributed by atoms with Crippen LogP contribution >= 0.6 is 0 Å². The molecule has 2 heterocycles. The topological polar surface area (TPSA) is 59.2 Å². The summed E-state index contributed by atoms with van der Waals surface area (Å²) in [6, 6.07) is 3.56. The Morgan fingerprint density at radius 1 is 1.45 bits per heavy atom. The fourth-order valence-electron chi connectivity index (χ4n) is 2.36. The maximum absolute atomic E-state index is 12.4. The van der Waals surface area contributed by atoms with Crippen molar-refractivity contribution in [3.8, 4) is 11.8 Å². The van der Waals surface area contributed by atoms with Crippen molar-refractivity contribution in [2.45, 2.75) is 20.3 Å². The van der Waals surface area contributed by atoms with E-state index in [1.807, 2.05) is 11.0 Å². The first-order valence-electron chi connectivity index (χ1n) is 7.06. The molecule has 0 aliphatic carbocycles. The van der Waals surface area contributed by atoms with E-state index < -0.39 is 0 Å². The van der Waals surface area contributed by atoms with Crippen molar-refractivity contribution in [2.75, 3.05) is 19.6 Å². The highest BCUT2D eigenvalue weighted by Crippen LogP contribution is 2.23. The SMILES string of the molecule is CC1CCN(C(=O)c2ccc(C#CCN)cn2)CC1C. The standard InChI is InChI=1S/C16H21N3O/c1-12-7-9-19(11-13(12)2)16(20)15-6-5-14(10-18-15)4-3-8-17/h5-6,10,12-13H,7-9,11,17H2,1-2H3. The van der Waals surface area contributed by atoms with E-state index in [-0.39, 0.29) is 5.91 Å². The van der Waals surface area contributed by atoms with E-state index >= 15 is 0 Å². The first-order valence-corrected chi connectivity index (χ1v) is 7.06. The van der Waals surface area contributed by atoms with Crippen LogP contribution in [0.1, 0.15) is 36.3 Å². The highest BCUT2D eigenvalue weighted by Gasteiger charge is 2.26. The van der Waals surface area contributed by atoms with Gasteiger partial charge in [0.15, 0.2) is 0 Å². The van der Waals surface area contributed by atoms with Gasteiger partial charge in [-0.15, -0.1) is 0 Å². The molecule has 1 aliphatic rings. The van der Waals surface area contributed by atoms with Crippen molar-refractivity contribution < 1.29 is 4.79 Å². The number of pyridine rings is 1. The monoisotopic (exact) mass is 271 g/mol. The van der Waals surface area contributed by atoms with E-state index in [1.54, 1.807) is 12.3 Å². The second-order valence-electron chi connectivity index (χ2n) is 5.43. The van der Waals surface area contributed by atoms with Crippen LogP contribution in [0.25, 0.3) is 0 Å². The largest absolute Gasteiger partial charge is 0.337 e. The van der Waals surface area contributed by atoms with Gasteiger partial charge in [0.05, 0.1) is 6.54 Å². The summed E-state index contributed by atoms with van der Waals surface area (Å²) in [5.74, 6) is 6.91. The fraction of sp³-hybridized carbons (Fsp3) is 0.500. The number of aromatic nitrogens is 1. The minimum Gasteiger partial charge on any atom is -0.337 e. The first-order chi connectivity index (χ1) is 9.61. The molecule has 2 atom stereocenters. The minimum absolute atomic E-state index is 0.0158. The van der Waals surface area contributed by atoms with Gasteiger partial charge < -0.3 is 10.6 Å². The summed E-state index contributed by atoms with van der Waals surface area (Å²) < 4.78 is 0. The van der Waals surface area contributed by atoms with Gasteiger partial charge in [-0.3, -0.25) is 4.79 Å². The van der Waals surface area contributed by atoms with E-state index in [2.05, 4.69) is 30.7 Å². The zero-order chi connectivity index (χ0) is 14.5. The van der Waals surface area contributed by atoms with Crippen LogP contribution in [0.3, 0.4) is 0 Å². The lowest BCUT2D eigenvalue weighted by Gasteiger charge is -2.35. The molecule has 1 aromatic heterocycles. The normalized spacial score (nSPS) is 22.1. The summed E-state index contributed by atoms with van der Waals surface area (Å²) in [6.45, 7) is 6.40. The number of likely N-dealkylation sites (tertiary alicyclic amines) is 1. The smallest absolute Gasteiger partial charge is 0.272 e. The average Bonchev–Trinajstić information content (AvgIpc) is 2.48. The zero-order valence-corrected chi connectivity index (χ0v) is 12.1. The molecule has 2 rings (SSSR count). The maximum Gasteiger partial charge on any atom is 0.272 e. The lowest BCUT2D eigenvalue weighted by atomic mass is 9.88. The molecule has 2 unspecified atom stereocenters. The molecule has 0 bridgehead atoms. The van der Waals surface area contributed by atoms with Crippen LogP contribution in [0.15, 0.2) is 18.3 Å². The van der Waals surface area contributed by atoms with Crippen molar-refractivity contribution in [3.05, 3.63) is 29.6 Å². The van der Waals surface area contributed by atoms with Gasteiger partial charge >= 0.3 is 0 Å². The molecule has 0 aromatic carbocycles. The Hall–Kier alpha value is -1.86. The van der Waals surface area contributed by atoms with Gasteiger partial charge in [0.2, 0.25) is 0 Å². The molecule has 0 saturated carbocycles. The third kappa shape index (κ3) is 3.37. The van der Waals surface area contributed by atoms with E-state index in [9.17, 15) is 4.79 Å². The minimum atomic E-state index is 0.0158. The van der Waals surface area contributed by atoms with Crippen LogP contribution in [0.2, 0.25) is 0 Å². The van der Waals surface area contributed by atoms with Gasteiger partial charge in [0.1, 0.15) is 5.69 Å². The predicted molar refractivity (Wildman–Crippen MR) is 79.0 cm³/mol. The number of carbonyl (C=O) groups is 1. The molecule has 4 nitrogen and oxygen atoms in total. The second kappa shape index (κ2) is 6.53. The number of carbonyl (C=O) groups excluding carboxylic acids is 1. The first kappa shape index (κ1) is 14.5. The zero-order valence-electron chi connectivity index (χ0n) is 12.1. The second-order valence-corrected chi connectivity index (χ2v) is 5.43. The summed E-state index contributed by atoms with van der Waals surface area (Å²) in [5, 5.41) is 0. The van der Waals surface area contributed by atoms with Gasteiger partial charge in [-0.2, -0.15) is 0 Å². The number of nitrogens with zero attached hydrogens (tertiary/aromatic N) is 2. The Kier molecular flexibility index (Phi) is 4.75. The van der Waals surface area contributed by atoms with Gasteiger partial charge in [0.25, 0.3) is 5.91 Å². The molecule has 1 aliphatic heterocycles. The van der Waals surface area contributed by atoms with Crippen LogP contribution in [-0.2, 0) is 0 Å². The van der Waals surface area contributed by atoms with Gasteiger partial charge in [0, 0.05) is 24.8 Å². The van der Waals surface area contributed by atoms with Gasteiger partial charge in [-0.05, 0) is 30.4 Å². The Labute approximate surface area is 120 Å². The molecule has 1 saturated heterocycles. The Bertz CT molecular complexity index is 527. The van der Waals surface area contributed by atoms with Crippen LogP contribution in [-0.4, -0.2) is 35.4 Å². The molecule has 1 fully saturated rings. The lowest BCUT2D eigenvalue weighted by Crippen LogP contribution is -2.42. The molecular weight excluding hydrogens is 250 g/mol. The number of amides is 1. The molecule has 0 radical (unpaired) electrons. The summed E-state index contributed by atoms with van der Waals surface area (Å²) in [7, 11) is 0. The molecule has 1 aromatic rings. The van der Waals surface area contributed by atoms with Gasteiger partial charge in [-0.25, -0.2) is 4.98 Å². The van der Waals surface area contributed by atoms with E-state index in [1.165, 1.54) is 0 Å². The Morgan fingerprint density at radius 2 is 2.25 bits per heavy atom. The Balaban J connectivity index is 2.06. The van der Waals surface area contributed by atoms with Crippen LogP contribution in [0.4, 0.5) is 0 Å². The lowest BCUT2D eigenvalue weighted by molar-refractivity contribution is 0.0621. The molecule has 1 amide bonds. The highest BCUT2D eigenvalue weighted by molar-refractivity contribution is 5.92. The maximum atomic E-state index is 12.4. The van der Waals surface area contributed by atoms with Crippen molar-refractivity contribution in [1.82, 2.24) is 9.88 Å². The highest BCUT2D eigenvalue weighted by atomic mass is 16.2. The summed E-state index contributed by atoms with van der Waals surface area (Å²) in [5.41, 5.74) is 6.60. The molecule has 0 spiro atoms. The van der Waals surface area contributed by atoms with Crippen molar-refractivity contribution in [2.24, 2.45) is 17.6 Å². The summed E-state index contributed by atoms with van der Waals surface area (Å²) in [4.78, 5) is 18.5. The van der Waals surface area contributed by atoms with E-state index in [0.29, 0.717) is 24.1 Å². The summed E-state index contributed by atoms with van der Waals surface area (Å²) >= 11 is 0. The van der Waals surface area contributed by atoms with Crippen molar-refractivity contribution in [1.29, 1.82) is 0 Å². The van der Waals surface area contributed by atoms with E-state index in [4.69, 9.17) is 5.73 Å². The van der Waals surface area contributed by atoms with Crippen LogP contribution < -0.4 is 5.73 Å². The average molecular weight is 271 g/mol. The quantitative estimate of drug-likeness (QED) is 0.788. The number of rotatable bonds is 1. The van der Waals surface area contributed by atoms with E-state index in [0.717, 1.165) is 25.1 Å². The molecule has 4 heteroatoms. The predicted octanol–water partition coefficient (Wildman–Crippen LogP) is 1.51. The van der Waals surface area contributed by atoms with Crippen molar-refractivity contribution >= 4 is 5.91 Å². The molecule has 20 heavy (non-hydrogen) atoms. The molecule has 2 N–H and O–H groups in total. The number of piperidine rings is 1. The van der Waals surface area contributed by atoms with Gasteiger partial charge in [-0.1, -0.05) is 25.7 Å². The third-order valence-electron chi connectivity index (χ3n) is 3.94. The number of hydrogen-bond acceptors (Lipinski definition) is 3. The summed E-state index contributed by atoms with van der Waals surface area (Å²) in [6.07, 6.45) is 2.69. The fourth-order valence-corrected chi connectivity index (χ4v) is 2.36. The van der Waals surface area contributed by atoms with Crippen LogP contribution in [0.5, 0.6) is 0 Å². The third-order valence-corrected chi connectivity index (χ3v) is 3.94. The number of hydrogen-bond donors (Lipinski definition) is 1. The number of nitrogens with two attached hydrogens (primary N) is 1. The van der Waals surface area contributed by atoms with Crippen LogP contribution in [0, 0.1) is 23.7 Å². The molecular formula is C16H21N3O. The Morgan fingerprint density at radius 3 is 2.85 bits per heavy atom. The van der Waals surface area contributed by atoms with Crippen molar-refractivity contribution in [3.63, 3.8) is 0 Å².